The number of carbonyl (C=O) groups excluding carboxylic acids is 2. The van der Waals surface area contributed by atoms with E-state index in [1.807, 2.05) is 9.80 Å². The van der Waals surface area contributed by atoms with Crippen molar-refractivity contribution in [2.75, 3.05) is 19.6 Å². The predicted molar refractivity (Wildman–Crippen MR) is 70.1 cm³/mol. The van der Waals surface area contributed by atoms with Crippen LogP contribution in [0.15, 0.2) is 0 Å². The highest BCUT2D eigenvalue weighted by Crippen LogP contribution is 2.23. The van der Waals surface area contributed by atoms with Crippen molar-refractivity contribution < 1.29 is 9.59 Å². The summed E-state index contributed by atoms with van der Waals surface area (Å²) < 4.78 is 0. The van der Waals surface area contributed by atoms with Crippen molar-refractivity contribution in [1.82, 2.24) is 9.80 Å². The van der Waals surface area contributed by atoms with Crippen LogP contribution in [-0.4, -0.2) is 47.3 Å². The van der Waals surface area contributed by atoms with E-state index in [1.165, 1.54) is 0 Å². The second kappa shape index (κ2) is 6.21. The van der Waals surface area contributed by atoms with Crippen LogP contribution in [0.3, 0.4) is 0 Å². The summed E-state index contributed by atoms with van der Waals surface area (Å²) in [6, 6.07) is -0.157. The Morgan fingerprint density at radius 3 is 2.78 bits per heavy atom. The van der Waals surface area contributed by atoms with Crippen LogP contribution >= 0.6 is 0 Å². The molecule has 1 atom stereocenters. The van der Waals surface area contributed by atoms with Gasteiger partial charge < -0.3 is 9.80 Å². The molecule has 0 spiro atoms. The Balaban J connectivity index is 2.01. The van der Waals surface area contributed by atoms with Crippen LogP contribution in [0.1, 0.15) is 51.9 Å². The molecule has 2 heterocycles. The Hall–Kier alpha value is -1.06. The van der Waals surface area contributed by atoms with Crippen molar-refractivity contribution >= 4 is 11.8 Å². The molecule has 2 rings (SSSR count). The number of hydrogen-bond acceptors (Lipinski definition) is 2. The van der Waals surface area contributed by atoms with Crippen molar-refractivity contribution in [2.45, 2.75) is 57.9 Å². The van der Waals surface area contributed by atoms with Crippen LogP contribution in [-0.2, 0) is 9.59 Å². The van der Waals surface area contributed by atoms with Crippen molar-refractivity contribution in [3.8, 4) is 0 Å². The third-order valence-corrected chi connectivity index (χ3v) is 4.05. The van der Waals surface area contributed by atoms with Crippen LogP contribution in [0.2, 0.25) is 0 Å². The van der Waals surface area contributed by atoms with Gasteiger partial charge in [-0.15, -0.1) is 0 Å². The fraction of sp³-hybridized carbons (Fsp3) is 0.857. The number of carbonyl (C=O) groups is 2. The summed E-state index contributed by atoms with van der Waals surface area (Å²) in [5.74, 6) is 0.364. The number of hydrogen-bond donors (Lipinski definition) is 0. The number of fused-ring (bicyclic) bond motifs is 1. The summed E-state index contributed by atoms with van der Waals surface area (Å²) in [6.45, 7) is 4.38. The molecule has 4 nitrogen and oxygen atoms in total. The molecule has 2 fully saturated rings. The van der Waals surface area contributed by atoms with Crippen LogP contribution in [0.5, 0.6) is 0 Å². The Morgan fingerprint density at radius 1 is 1.17 bits per heavy atom. The normalized spacial score (nSPS) is 25.1. The molecule has 2 aliphatic heterocycles. The lowest BCUT2D eigenvalue weighted by Crippen LogP contribution is -2.49. The Morgan fingerprint density at radius 2 is 2.00 bits per heavy atom. The zero-order valence-corrected chi connectivity index (χ0v) is 11.4. The van der Waals surface area contributed by atoms with Crippen molar-refractivity contribution in [3.63, 3.8) is 0 Å². The van der Waals surface area contributed by atoms with Crippen LogP contribution in [0, 0.1) is 0 Å². The van der Waals surface area contributed by atoms with Gasteiger partial charge in [0.1, 0.15) is 6.04 Å². The molecular weight excluding hydrogens is 228 g/mol. The van der Waals surface area contributed by atoms with Gasteiger partial charge in [-0.3, -0.25) is 9.59 Å². The Kier molecular flexibility index (Phi) is 4.61. The summed E-state index contributed by atoms with van der Waals surface area (Å²) in [5, 5.41) is 0. The topological polar surface area (TPSA) is 40.6 Å². The first-order chi connectivity index (χ1) is 8.74. The quantitative estimate of drug-likeness (QED) is 0.716. The lowest BCUT2D eigenvalue weighted by atomic mass is 10.0. The molecule has 102 valence electrons. The van der Waals surface area contributed by atoms with Gasteiger partial charge in [-0.05, 0) is 25.7 Å². The first-order valence-corrected chi connectivity index (χ1v) is 7.32. The standard InChI is InChI=1S/C14H24N2O2/c1-2-3-5-9-15-11-8-13(17)16-10-6-4-7-12(16)14(15)18/h12H,2-11H2,1H3. The van der Waals surface area contributed by atoms with Gasteiger partial charge in [0.2, 0.25) is 11.8 Å². The van der Waals surface area contributed by atoms with Gasteiger partial charge in [0.25, 0.3) is 0 Å². The average molecular weight is 252 g/mol. The number of nitrogens with zero attached hydrogens (tertiary/aromatic N) is 2. The lowest BCUT2D eigenvalue weighted by Gasteiger charge is -2.34. The Bertz CT molecular complexity index is 317. The van der Waals surface area contributed by atoms with E-state index in [-0.39, 0.29) is 17.9 Å². The maximum Gasteiger partial charge on any atom is 0.245 e. The van der Waals surface area contributed by atoms with Gasteiger partial charge in [-0.2, -0.15) is 0 Å². The third-order valence-electron chi connectivity index (χ3n) is 4.05. The van der Waals surface area contributed by atoms with E-state index in [4.69, 9.17) is 0 Å². The van der Waals surface area contributed by atoms with Crippen molar-refractivity contribution in [3.05, 3.63) is 0 Å². The highest BCUT2D eigenvalue weighted by molar-refractivity contribution is 5.90. The monoisotopic (exact) mass is 252 g/mol. The largest absolute Gasteiger partial charge is 0.340 e. The number of amides is 2. The minimum atomic E-state index is -0.157. The fourth-order valence-corrected chi connectivity index (χ4v) is 2.96. The molecule has 0 aliphatic carbocycles. The summed E-state index contributed by atoms with van der Waals surface area (Å²) in [5.41, 5.74) is 0. The molecule has 4 heteroatoms. The maximum absolute atomic E-state index is 12.5. The molecule has 18 heavy (non-hydrogen) atoms. The van der Waals surface area contributed by atoms with Gasteiger partial charge >= 0.3 is 0 Å². The summed E-state index contributed by atoms with van der Waals surface area (Å²) in [4.78, 5) is 28.2. The van der Waals surface area contributed by atoms with Crippen molar-refractivity contribution in [2.24, 2.45) is 0 Å². The zero-order chi connectivity index (χ0) is 13.0. The van der Waals surface area contributed by atoms with Gasteiger partial charge in [0.15, 0.2) is 0 Å². The maximum atomic E-state index is 12.5. The molecule has 0 radical (unpaired) electrons. The van der Waals surface area contributed by atoms with E-state index >= 15 is 0 Å². The summed E-state index contributed by atoms with van der Waals surface area (Å²) in [7, 11) is 0. The number of piperidine rings is 1. The molecule has 0 bridgehead atoms. The first-order valence-electron chi connectivity index (χ1n) is 7.32. The SMILES string of the molecule is CCCCCN1CCC(=O)N2CCCCC2C1=O. The molecule has 0 saturated carbocycles. The predicted octanol–water partition coefficient (Wildman–Crippen LogP) is 1.79. The van der Waals surface area contributed by atoms with Crippen LogP contribution in [0.4, 0.5) is 0 Å². The minimum absolute atomic E-state index is 0.157. The smallest absolute Gasteiger partial charge is 0.245 e. The van der Waals surface area contributed by atoms with E-state index < -0.39 is 0 Å². The van der Waals surface area contributed by atoms with Gasteiger partial charge in [0, 0.05) is 26.1 Å². The van der Waals surface area contributed by atoms with E-state index in [0.717, 1.165) is 51.6 Å². The van der Waals surface area contributed by atoms with E-state index in [0.29, 0.717) is 13.0 Å². The third kappa shape index (κ3) is 2.85. The Labute approximate surface area is 109 Å². The van der Waals surface area contributed by atoms with Gasteiger partial charge in [0.05, 0.1) is 0 Å². The molecule has 2 amide bonds. The highest BCUT2D eigenvalue weighted by atomic mass is 16.2. The highest BCUT2D eigenvalue weighted by Gasteiger charge is 2.37. The number of rotatable bonds is 4. The first kappa shape index (κ1) is 13.4. The van der Waals surface area contributed by atoms with E-state index in [2.05, 4.69) is 6.92 Å². The van der Waals surface area contributed by atoms with Gasteiger partial charge in [-0.25, -0.2) is 0 Å². The molecular formula is C14H24N2O2. The molecule has 0 aromatic carbocycles. The van der Waals surface area contributed by atoms with Crippen LogP contribution in [0.25, 0.3) is 0 Å². The lowest BCUT2D eigenvalue weighted by molar-refractivity contribution is -0.143. The average Bonchev–Trinajstić information content (AvgIpc) is 2.52. The van der Waals surface area contributed by atoms with Crippen LogP contribution < -0.4 is 0 Å². The summed E-state index contributed by atoms with van der Waals surface area (Å²) >= 11 is 0. The van der Waals surface area contributed by atoms with E-state index in [9.17, 15) is 9.59 Å². The van der Waals surface area contributed by atoms with Gasteiger partial charge in [-0.1, -0.05) is 19.8 Å². The molecule has 2 aliphatic rings. The van der Waals surface area contributed by atoms with E-state index in [1.54, 1.807) is 0 Å². The molecule has 0 aromatic heterocycles. The molecule has 2 saturated heterocycles. The molecule has 0 N–H and O–H groups in total. The second-order valence-electron chi connectivity index (χ2n) is 5.38. The molecule has 0 aromatic rings. The zero-order valence-electron chi connectivity index (χ0n) is 11.4. The number of unbranched alkanes of at least 4 members (excludes halogenated alkanes) is 2. The summed E-state index contributed by atoms with van der Waals surface area (Å²) in [6.07, 6.45) is 6.86. The minimum Gasteiger partial charge on any atom is -0.340 e. The fourth-order valence-electron chi connectivity index (χ4n) is 2.96. The van der Waals surface area contributed by atoms with Crippen molar-refractivity contribution in [1.29, 1.82) is 0 Å². The molecule has 1 unspecified atom stereocenters. The second-order valence-corrected chi connectivity index (χ2v) is 5.38.